The largest absolute Gasteiger partial charge is 0.496 e. The molecule has 0 radical (unpaired) electrons. The molecule has 0 aliphatic rings. The fourth-order valence-corrected chi connectivity index (χ4v) is 1.82. The van der Waals surface area contributed by atoms with E-state index in [0.29, 0.717) is 0 Å². The SMILES string of the molecule is CCNC(c1ncn[nH]1)c1ccccc1OC. The van der Waals surface area contributed by atoms with Crippen molar-refractivity contribution in [3.05, 3.63) is 42.0 Å². The topological polar surface area (TPSA) is 62.8 Å². The first-order valence-electron chi connectivity index (χ1n) is 5.58. The molecule has 90 valence electrons. The first-order chi connectivity index (χ1) is 8.36. The molecular formula is C12H16N4O. The van der Waals surface area contributed by atoms with Gasteiger partial charge in [-0.3, -0.25) is 5.10 Å². The normalized spacial score (nSPS) is 12.4. The lowest BCUT2D eigenvalue weighted by atomic mass is 10.1. The predicted octanol–water partition coefficient (Wildman–Crippen LogP) is 1.51. The van der Waals surface area contributed by atoms with Crippen molar-refractivity contribution in [3.8, 4) is 5.75 Å². The highest BCUT2D eigenvalue weighted by atomic mass is 16.5. The van der Waals surface area contributed by atoms with Gasteiger partial charge in [0.1, 0.15) is 17.9 Å². The highest BCUT2D eigenvalue weighted by Crippen LogP contribution is 2.27. The summed E-state index contributed by atoms with van der Waals surface area (Å²) >= 11 is 0. The smallest absolute Gasteiger partial charge is 0.146 e. The number of nitrogens with one attached hydrogen (secondary N) is 2. The quantitative estimate of drug-likeness (QED) is 0.820. The Labute approximate surface area is 100 Å². The Morgan fingerprint density at radius 3 is 2.88 bits per heavy atom. The van der Waals surface area contributed by atoms with Crippen molar-refractivity contribution in [1.82, 2.24) is 20.5 Å². The third-order valence-corrected chi connectivity index (χ3v) is 2.57. The molecular weight excluding hydrogens is 216 g/mol. The standard InChI is InChI=1S/C12H16N4O/c1-3-13-11(12-14-8-15-16-12)9-6-4-5-7-10(9)17-2/h4-8,11,13H,3H2,1-2H3,(H,14,15,16). The molecule has 0 fully saturated rings. The molecule has 2 N–H and O–H groups in total. The van der Waals surface area contributed by atoms with Crippen LogP contribution in [0.2, 0.25) is 0 Å². The highest BCUT2D eigenvalue weighted by molar-refractivity contribution is 5.38. The van der Waals surface area contributed by atoms with Gasteiger partial charge in [0.2, 0.25) is 0 Å². The summed E-state index contributed by atoms with van der Waals surface area (Å²) in [7, 11) is 1.67. The van der Waals surface area contributed by atoms with E-state index in [4.69, 9.17) is 4.74 Å². The number of benzene rings is 1. The Hall–Kier alpha value is -1.88. The number of rotatable bonds is 5. The molecule has 2 aromatic rings. The third kappa shape index (κ3) is 2.45. The number of ether oxygens (including phenoxy) is 1. The van der Waals surface area contributed by atoms with Gasteiger partial charge in [-0.05, 0) is 12.6 Å². The first-order valence-corrected chi connectivity index (χ1v) is 5.58. The lowest BCUT2D eigenvalue weighted by molar-refractivity contribution is 0.403. The van der Waals surface area contributed by atoms with E-state index in [0.717, 1.165) is 23.7 Å². The molecule has 0 saturated carbocycles. The Morgan fingerprint density at radius 1 is 1.41 bits per heavy atom. The summed E-state index contributed by atoms with van der Waals surface area (Å²) in [6.45, 7) is 2.89. The van der Waals surface area contributed by atoms with E-state index in [1.807, 2.05) is 24.3 Å². The zero-order valence-corrected chi connectivity index (χ0v) is 9.97. The number of H-pyrrole nitrogens is 1. The number of para-hydroxylation sites is 1. The van der Waals surface area contributed by atoms with Crippen LogP contribution in [0.3, 0.4) is 0 Å². The minimum absolute atomic E-state index is 0.0290. The van der Waals surface area contributed by atoms with Crippen molar-refractivity contribution < 1.29 is 4.74 Å². The van der Waals surface area contributed by atoms with Crippen LogP contribution >= 0.6 is 0 Å². The number of methoxy groups -OCH3 is 1. The number of aromatic nitrogens is 3. The van der Waals surface area contributed by atoms with Crippen molar-refractivity contribution in [2.75, 3.05) is 13.7 Å². The van der Waals surface area contributed by atoms with Crippen LogP contribution in [-0.4, -0.2) is 28.8 Å². The van der Waals surface area contributed by atoms with E-state index in [2.05, 4.69) is 27.4 Å². The summed E-state index contributed by atoms with van der Waals surface area (Å²) in [5, 5.41) is 10.1. The molecule has 2 rings (SSSR count). The maximum Gasteiger partial charge on any atom is 0.146 e. The van der Waals surface area contributed by atoms with Crippen LogP contribution in [0, 0.1) is 0 Å². The van der Waals surface area contributed by atoms with Crippen molar-refractivity contribution in [2.45, 2.75) is 13.0 Å². The molecule has 0 saturated heterocycles. The van der Waals surface area contributed by atoms with Gasteiger partial charge >= 0.3 is 0 Å². The summed E-state index contributed by atoms with van der Waals surface area (Å²) in [5.74, 6) is 1.63. The molecule has 1 unspecified atom stereocenters. The van der Waals surface area contributed by atoms with Crippen LogP contribution in [0.5, 0.6) is 5.75 Å². The molecule has 1 atom stereocenters. The third-order valence-electron chi connectivity index (χ3n) is 2.57. The van der Waals surface area contributed by atoms with Gasteiger partial charge in [-0.1, -0.05) is 25.1 Å². The molecule has 0 bridgehead atoms. The summed E-state index contributed by atoms with van der Waals surface area (Å²) in [6, 6.07) is 7.87. The molecule has 1 aromatic heterocycles. The Kier molecular flexibility index (Phi) is 3.72. The summed E-state index contributed by atoms with van der Waals surface area (Å²) in [5.41, 5.74) is 1.05. The summed E-state index contributed by atoms with van der Waals surface area (Å²) < 4.78 is 5.37. The number of nitrogens with zero attached hydrogens (tertiary/aromatic N) is 2. The van der Waals surface area contributed by atoms with Crippen molar-refractivity contribution in [2.24, 2.45) is 0 Å². The molecule has 1 heterocycles. The van der Waals surface area contributed by atoms with Crippen LogP contribution in [0.25, 0.3) is 0 Å². The van der Waals surface area contributed by atoms with Crippen LogP contribution in [-0.2, 0) is 0 Å². The first kappa shape index (κ1) is 11.6. The highest BCUT2D eigenvalue weighted by Gasteiger charge is 2.19. The molecule has 5 nitrogen and oxygen atoms in total. The van der Waals surface area contributed by atoms with Gasteiger partial charge < -0.3 is 10.1 Å². The van der Waals surface area contributed by atoms with Crippen LogP contribution in [0.1, 0.15) is 24.4 Å². The van der Waals surface area contributed by atoms with Crippen molar-refractivity contribution >= 4 is 0 Å². The Morgan fingerprint density at radius 2 is 2.24 bits per heavy atom. The number of hydrogen-bond acceptors (Lipinski definition) is 4. The average Bonchev–Trinajstić information content (AvgIpc) is 2.89. The van der Waals surface area contributed by atoms with Gasteiger partial charge in [-0.25, -0.2) is 4.98 Å². The Bertz CT molecular complexity index is 455. The fourth-order valence-electron chi connectivity index (χ4n) is 1.82. The minimum atomic E-state index is -0.0290. The van der Waals surface area contributed by atoms with Gasteiger partial charge in [0.25, 0.3) is 0 Å². The lowest BCUT2D eigenvalue weighted by Gasteiger charge is -2.18. The second-order valence-corrected chi connectivity index (χ2v) is 3.60. The molecule has 1 aromatic carbocycles. The van der Waals surface area contributed by atoms with Gasteiger partial charge in [-0.2, -0.15) is 5.10 Å². The zero-order chi connectivity index (χ0) is 12.1. The second kappa shape index (κ2) is 5.45. The van der Waals surface area contributed by atoms with E-state index in [-0.39, 0.29) is 6.04 Å². The van der Waals surface area contributed by atoms with Crippen LogP contribution < -0.4 is 10.1 Å². The van der Waals surface area contributed by atoms with Crippen LogP contribution in [0.4, 0.5) is 0 Å². The molecule has 0 spiro atoms. The van der Waals surface area contributed by atoms with Gasteiger partial charge in [0.05, 0.1) is 13.2 Å². The van der Waals surface area contributed by atoms with Crippen LogP contribution in [0.15, 0.2) is 30.6 Å². The van der Waals surface area contributed by atoms with E-state index < -0.39 is 0 Å². The lowest BCUT2D eigenvalue weighted by Crippen LogP contribution is -2.23. The zero-order valence-electron chi connectivity index (χ0n) is 9.97. The fraction of sp³-hybridized carbons (Fsp3) is 0.333. The second-order valence-electron chi connectivity index (χ2n) is 3.60. The van der Waals surface area contributed by atoms with Gasteiger partial charge in [0.15, 0.2) is 0 Å². The minimum Gasteiger partial charge on any atom is -0.496 e. The molecule has 17 heavy (non-hydrogen) atoms. The molecule has 5 heteroatoms. The summed E-state index contributed by atoms with van der Waals surface area (Å²) in [6.07, 6.45) is 1.51. The molecule has 0 aliphatic heterocycles. The predicted molar refractivity (Wildman–Crippen MR) is 64.9 cm³/mol. The van der Waals surface area contributed by atoms with E-state index in [1.165, 1.54) is 6.33 Å². The van der Waals surface area contributed by atoms with E-state index >= 15 is 0 Å². The van der Waals surface area contributed by atoms with Crippen molar-refractivity contribution in [3.63, 3.8) is 0 Å². The maximum atomic E-state index is 5.37. The monoisotopic (exact) mass is 232 g/mol. The van der Waals surface area contributed by atoms with E-state index in [9.17, 15) is 0 Å². The maximum absolute atomic E-state index is 5.37. The number of aromatic amines is 1. The summed E-state index contributed by atoms with van der Waals surface area (Å²) in [4.78, 5) is 4.20. The Balaban J connectivity index is 2.39. The van der Waals surface area contributed by atoms with E-state index in [1.54, 1.807) is 7.11 Å². The van der Waals surface area contributed by atoms with Gasteiger partial charge in [-0.15, -0.1) is 0 Å². The average molecular weight is 232 g/mol. The van der Waals surface area contributed by atoms with Crippen molar-refractivity contribution in [1.29, 1.82) is 0 Å². The molecule has 0 aliphatic carbocycles. The van der Waals surface area contributed by atoms with Gasteiger partial charge in [0, 0.05) is 5.56 Å². The number of hydrogen-bond donors (Lipinski definition) is 2. The molecule has 0 amide bonds.